The van der Waals surface area contributed by atoms with Crippen molar-refractivity contribution in [3.05, 3.63) is 46.5 Å². The van der Waals surface area contributed by atoms with Crippen molar-refractivity contribution in [2.45, 2.75) is 13.8 Å². The lowest BCUT2D eigenvalue weighted by Crippen LogP contribution is -1.95. The predicted molar refractivity (Wildman–Crippen MR) is 82.6 cm³/mol. The SMILES string of the molecule is Cc1ncc(C)c2c(Nc3ccc(F)c(Cl)c3)c(N)oc12. The molecule has 3 N–H and O–H groups in total. The molecule has 1 aromatic carbocycles. The lowest BCUT2D eigenvalue weighted by molar-refractivity contribution is 0.628. The van der Waals surface area contributed by atoms with E-state index < -0.39 is 5.82 Å². The molecule has 0 fully saturated rings. The van der Waals surface area contributed by atoms with Crippen molar-refractivity contribution in [2.24, 2.45) is 0 Å². The van der Waals surface area contributed by atoms with E-state index >= 15 is 0 Å². The summed E-state index contributed by atoms with van der Waals surface area (Å²) in [6.07, 6.45) is 1.76. The Kier molecular flexibility index (Phi) is 3.22. The van der Waals surface area contributed by atoms with Gasteiger partial charge in [0.25, 0.3) is 0 Å². The predicted octanol–water partition coefficient (Wildman–Crippen LogP) is 4.56. The summed E-state index contributed by atoms with van der Waals surface area (Å²) < 4.78 is 18.8. The number of furan rings is 1. The third-order valence-corrected chi connectivity index (χ3v) is 3.59. The fraction of sp³-hybridized carbons (Fsp3) is 0.133. The quantitative estimate of drug-likeness (QED) is 0.728. The van der Waals surface area contributed by atoms with Gasteiger partial charge in [-0.1, -0.05) is 11.6 Å². The lowest BCUT2D eigenvalue weighted by Gasteiger charge is -2.07. The minimum absolute atomic E-state index is 0.0425. The van der Waals surface area contributed by atoms with E-state index in [0.29, 0.717) is 17.0 Å². The van der Waals surface area contributed by atoms with E-state index in [0.717, 1.165) is 16.6 Å². The van der Waals surface area contributed by atoms with E-state index in [2.05, 4.69) is 10.3 Å². The zero-order valence-corrected chi connectivity index (χ0v) is 12.3. The number of nitrogens with zero attached hydrogens (tertiary/aromatic N) is 1. The molecule has 3 rings (SSSR count). The number of aryl methyl sites for hydroxylation is 2. The van der Waals surface area contributed by atoms with Crippen LogP contribution < -0.4 is 11.1 Å². The molecule has 0 unspecified atom stereocenters. The van der Waals surface area contributed by atoms with Gasteiger partial charge in [0.15, 0.2) is 5.58 Å². The van der Waals surface area contributed by atoms with Crippen LogP contribution in [0.3, 0.4) is 0 Å². The van der Waals surface area contributed by atoms with Crippen molar-refractivity contribution in [3.63, 3.8) is 0 Å². The first-order valence-corrected chi connectivity index (χ1v) is 6.71. The average molecular weight is 306 g/mol. The number of nitrogen functional groups attached to an aromatic ring is 1. The van der Waals surface area contributed by atoms with Crippen LogP contribution in [0, 0.1) is 19.7 Å². The van der Waals surface area contributed by atoms with Crippen LogP contribution in [0.25, 0.3) is 11.0 Å². The summed E-state index contributed by atoms with van der Waals surface area (Å²) >= 11 is 5.79. The summed E-state index contributed by atoms with van der Waals surface area (Å²) in [6, 6.07) is 4.38. The molecule has 6 heteroatoms. The van der Waals surface area contributed by atoms with Crippen LogP contribution in [0.2, 0.25) is 5.02 Å². The number of hydrogen-bond donors (Lipinski definition) is 2. The molecule has 0 bridgehead atoms. The Morgan fingerprint density at radius 2 is 2.10 bits per heavy atom. The highest BCUT2D eigenvalue weighted by Gasteiger charge is 2.17. The first kappa shape index (κ1) is 13.7. The van der Waals surface area contributed by atoms with Crippen molar-refractivity contribution in [1.82, 2.24) is 4.98 Å². The van der Waals surface area contributed by atoms with Gasteiger partial charge in [0.1, 0.15) is 11.5 Å². The molecule has 21 heavy (non-hydrogen) atoms. The molecule has 0 saturated heterocycles. The molecule has 3 aromatic rings. The molecular weight excluding hydrogens is 293 g/mol. The molecule has 0 aliphatic rings. The Hall–Kier alpha value is -2.27. The number of hydrogen-bond acceptors (Lipinski definition) is 4. The number of anilines is 3. The molecule has 0 radical (unpaired) electrons. The first-order valence-electron chi connectivity index (χ1n) is 6.33. The highest BCUT2D eigenvalue weighted by molar-refractivity contribution is 6.31. The lowest BCUT2D eigenvalue weighted by atomic mass is 10.1. The molecule has 0 saturated carbocycles. The number of benzene rings is 1. The topological polar surface area (TPSA) is 64.1 Å². The van der Waals surface area contributed by atoms with Gasteiger partial charge in [-0.3, -0.25) is 4.98 Å². The molecule has 0 atom stereocenters. The van der Waals surface area contributed by atoms with Crippen LogP contribution in [-0.4, -0.2) is 4.98 Å². The Balaban J connectivity index is 2.14. The van der Waals surface area contributed by atoms with Crippen molar-refractivity contribution in [1.29, 1.82) is 0 Å². The van der Waals surface area contributed by atoms with Crippen LogP contribution >= 0.6 is 11.6 Å². The number of nitrogens with one attached hydrogen (secondary N) is 1. The first-order chi connectivity index (χ1) is 9.97. The van der Waals surface area contributed by atoms with Gasteiger partial charge in [-0.25, -0.2) is 4.39 Å². The summed E-state index contributed by atoms with van der Waals surface area (Å²) in [7, 11) is 0. The van der Waals surface area contributed by atoms with Gasteiger partial charge in [0.05, 0.1) is 16.1 Å². The number of halogens is 2. The zero-order chi connectivity index (χ0) is 15.1. The summed E-state index contributed by atoms with van der Waals surface area (Å²) in [6.45, 7) is 3.77. The van der Waals surface area contributed by atoms with Crippen LogP contribution in [-0.2, 0) is 0 Å². The largest absolute Gasteiger partial charge is 0.437 e. The average Bonchev–Trinajstić information content (AvgIpc) is 2.77. The molecule has 108 valence electrons. The Labute approximate surface area is 125 Å². The molecule has 0 aliphatic heterocycles. The minimum Gasteiger partial charge on any atom is -0.437 e. The summed E-state index contributed by atoms with van der Waals surface area (Å²) in [5.74, 6) is -0.215. The zero-order valence-electron chi connectivity index (χ0n) is 11.5. The van der Waals surface area contributed by atoms with Crippen LogP contribution in [0.4, 0.5) is 21.6 Å². The number of pyridine rings is 1. The molecule has 4 nitrogen and oxygen atoms in total. The van der Waals surface area contributed by atoms with Crippen molar-refractivity contribution in [3.8, 4) is 0 Å². The monoisotopic (exact) mass is 305 g/mol. The fourth-order valence-electron chi connectivity index (χ4n) is 2.24. The Morgan fingerprint density at radius 3 is 2.81 bits per heavy atom. The maximum atomic E-state index is 13.2. The molecule has 0 amide bonds. The molecule has 2 heterocycles. The highest BCUT2D eigenvalue weighted by Crippen LogP contribution is 2.38. The Morgan fingerprint density at radius 1 is 1.33 bits per heavy atom. The van der Waals surface area contributed by atoms with Gasteiger partial charge in [-0.2, -0.15) is 0 Å². The van der Waals surface area contributed by atoms with E-state index in [1.54, 1.807) is 12.3 Å². The fourth-order valence-corrected chi connectivity index (χ4v) is 2.42. The maximum absolute atomic E-state index is 13.2. The third-order valence-electron chi connectivity index (χ3n) is 3.30. The number of aromatic nitrogens is 1. The second-order valence-electron chi connectivity index (χ2n) is 4.83. The second-order valence-corrected chi connectivity index (χ2v) is 5.23. The smallest absolute Gasteiger partial charge is 0.215 e. The van der Waals surface area contributed by atoms with Gasteiger partial charge >= 0.3 is 0 Å². The van der Waals surface area contributed by atoms with Gasteiger partial charge in [0, 0.05) is 11.9 Å². The van der Waals surface area contributed by atoms with Crippen LogP contribution in [0.5, 0.6) is 0 Å². The summed E-state index contributed by atoms with van der Waals surface area (Å²) in [4.78, 5) is 4.25. The van der Waals surface area contributed by atoms with Gasteiger partial charge < -0.3 is 15.5 Å². The van der Waals surface area contributed by atoms with Crippen molar-refractivity contribution in [2.75, 3.05) is 11.1 Å². The standard InChI is InChI=1S/C15H13ClFN3O/c1-7-6-19-8(2)14-12(7)13(15(18)21-14)20-9-3-4-11(17)10(16)5-9/h3-6,20H,18H2,1-2H3. The molecule has 0 spiro atoms. The molecule has 0 aliphatic carbocycles. The third kappa shape index (κ3) is 2.29. The van der Waals surface area contributed by atoms with E-state index in [-0.39, 0.29) is 10.9 Å². The van der Waals surface area contributed by atoms with Crippen LogP contribution in [0.1, 0.15) is 11.3 Å². The van der Waals surface area contributed by atoms with E-state index in [9.17, 15) is 4.39 Å². The van der Waals surface area contributed by atoms with Crippen molar-refractivity contribution < 1.29 is 8.81 Å². The van der Waals surface area contributed by atoms with Gasteiger partial charge in [-0.15, -0.1) is 0 Å². The number of rotatable bonds is 2. The number of fused-ring (bicyclic) bond motifs is 1. The molecular formula is C15H13ClFN3O. The van der Waals surface area contributed by atoms with E-state index in [1.807, 2.05) is 13.8 Å². The van der Waals surface area contributed by atoms with E-state index in [1.165, 1.54) is 12.1 Å². The van der Waals surface area contributed by atoms with Gasteiger partial charge in [0.2, 0.25) is 5.88 Å². The van der Waals surface area contributed by atoms with Gasteiger partial charge in [-0.05, 0) is 37.6 Å². The van der Waals surface area contributed by atoms with Crippen LogP contribution in [0.15, 0.2) is 28.8 Å². The highest BCUT2D eigenvalue weighted by atomic mass is 35.5. The second kappa shape index (κ2) is 4.93. The number of nitrogens with two attached hydrogens (primary N) is 1. The normalized spacial score (nSPS) is 11.0. The summed E-state index contributed by atoms with van der Waals surface area (Å²) in [5.41, 5.74) is 9.54. The van der Waals surface area contributed by atoms with E-state index in [4.69, 9.17) is 21.8 Å². The molecule has 2 aromatic heterocycles. The Bertz CT molecular complexity index is 845. The summed E-state index contributed by atoms with van der Waals surface area (Å²) in [5, 5.41) is 4.04. The minimum atomic E-state index is -0.469. The van der Waals surface area contributed by atoms with Crippen molar-refractivity contribution >= 4 is 39.8 Å². The maximum Gasteiger partial charge on any atom is 0.215 e.